The summed E-state index contributed by atoms with van der Waals surface area (Å²) in [5.74, 6) is 0. The molecule has 3 N–H and O–H groups in total. The number of hydrogen-bond donors (Lipinski definition) is 2. The summed E-state index contributed by atoms with van der Waals surface area (Å²) in [5, 5.41) is 1.33. The third-order valence-corrected chi connectivity index (χ3v) is 5.11. The van der Waals surface area contributed by atoms with E-state index >= 15 is 0 Å². The summed E-state index contributed by atoms with van der Waals surface area (Å²) in [5.41, 5.74) is 6.12. The van der Waals surface area contributed by atoms with Crippen LogP contribution in [0.5, 0.6) is 0 Å². The fraction of sp³-hybridized carbons (Fsp3) is 0.286. The molecule has 4 nitrogen and oxygen atoms in total. The van der Waals surface area contributed by atoms with Gasteiger partial charge in [-0.3, -0.25) is 4.72 Å². The Morgan fingerprint density at radius 1 is 1.16 bits per heavy atom. The van der Waals surface area contributed by atoms with Gasteiger partial charge in [0.2, 0.25) is 10.0 Å². The van der Waals surface area contributed by atoms with E-state index in [1.54, 1.807) is 6.07 Å². The van der Waals surface area contributed by atoms with Gasteiger partial charge in [-0.25, -0.2) is 8.42 Å². The second kappa shape index (κ2) is 5.59. The molecule has 1 unspecified atom stereocenters. The van der Waals surface area contributed by atoms with E-state index in [1.807, 2.05) is 43.3 Å². The van der Waals surface area contributed by atoms with Crippen LogP contribution in [0.1, 0.15) is 13.3 Å². The lowest BCUT2D eigenvalue weighted by Gasteiger charge is -2.16. The summed E-state index contributed by atoms with van der Waals surface area (Å²) in [6.07, 6.45) is 0.497. The molecule has 19 heavy (non-hydrogen) atoms. The second-order valence-corrected chi connectivity index (χ2v) is 6.40. The van der Waals surface area contributed by atoms with Crippen LogP contribution in [0, 0.1) is 0 Å². The normalized spacial score (nSPS) is 13.4. The maximum Gasteiger partial charge on any atom is 0.236 e. The Morgan fingerprint density at radius 3 is 2.53 bits per heavy atom. The van der Waals surface area contributed by atoms with Crippen LogP contribution in [-0.4, -0.2) is 20.2 Å². The average Bonchev–Trinajstić information content (AvgIpc) is 2.40. The van der Waals surface area contributed by atoms with E-state index in [-0.39, 0.29) is 6.54 Å². The molecule has 0 aliphatic carbocycles. The van der Waals surface area contributed by atoms with Crippen LogP contribution < -0.4 is 10.5 Å². The first kappa shape index (κ1) is 13.8. The fourth-order valence-corrected chi connectivity index (χ4v) is 3.41. The molecule has 0 bridgehead atoms. The lowest BCUT2D eigenvalue weighted by molar-refractivity contribution is 0.581. The van der Waals surface area contributed by atoms with Gasteiger partial charge in [-0.2, -0.15) is 0 Å². The van der Waals surface area contributed by atoms with Crippen molar-refractivity contribution >= 4 is 26.5 Å². The molecule has 0 saturated heterocycles. The van der Waals surface area contributed by atoms with Gasteiger partial charge in [-0.05, 0) is 17.9 Å². The van der Waals surface area contributed by atoms with E-state index in [9.17, 15) is 8.42 Å². The molecule has 2 aromatic rings. The molecular weight excluding hydrogens is 260 g/mol. The summed E-state index contributed by atoms with van der Waals surface area (Å²) >= 11 is 0. The van der Waals surface area contributed by atoms with Crippen LogP contribution in [-0.2, 0) is 10.0 Å². The summed E-state index contributed by atoms with van der Waals surface area (Å²) in [7, 11) is -3.44. The van der Waals surface area contributed by atoms with Crippen molar-refractivity contribution in [3.8, 4) is 0 Å². The SMILES string of the molecule is CCC(CN)S(=O)(=O)Nc1cccc2ccccc12. The van der Waals surface area contributed by atoms with Gasteiger partial charge in [-0.1, -0.05) is 43.3 Å². The first-order valence-corrected chi connectivity index (χ1v) is 7.82. The summed E-state index contributed by atoms with van der Waals surface area (Å²) < 4.78 is 27.1. The molecule has 0 amide bonds. The van der Waals surface area contributed by atoms with Gasteiger partial charge in [0.1, 0.15) is 0 Å². The van der Waals surface area contributed by atoms with E-state index < -0.39 is 15.3 Å². The van der Waals surface area contributed by atoms with Crippen molar-refractivity contribution < 1.29 is 8.42 Å². The Hall–Kier alpha value is -1.59. The molecule has 102 valence electrons. The third-order valence-electron chi connectivity index (χ3n) is 3.20. The number of benzene rings is 2. The van der Waals surface area contributed by atoms with Gasteiger partial charge in [0.05, 0.1) is 10.9 Å². The molecule has 2 aromatic carbocycles. The van der Waals surface area contributed by atoms with Gasteiger partial charge in [0.25, 0.3) is 0 Å². The molecule has 2 rings (SSSR count). The van der Waals surface area contributed by atoms with E-state index in [2.05, 4.69) is 4.72 Å². The summed E-state index contributed by atoms with van der Waals surface area (Å²) in [6.45, 7) is 1.94. The Kier molecular flexibility index (Phi) is 4.07. The maximum absolute atomic E-state index is 12.2. The van der Waals surface area contributed by atoms with Gasteiger partial charge in [0, 0.05) is 11.9 Å². The Balaban J connectivity index is 2.41. The number of anilines is 1. The van der Waals surface area contributed by atoms with Crippen LogP contribution in [0.15, 0.2) is 42.5 Å². The number of rotatable bonds is 5. The Labute approximate surface area is 113 Å². The maximum atomic E-state index is 12.2. The van der Waals surface area contributed by atoms with Crippen molar-refractivity contribution in [3.63, 3.8) is 0 Å². The lowest BCUT2D eigenvalue weighted by Crippen LogP contribution is -2.33. The zero-order chi connectivity index (χ0) is 13.9. The van der Waals surface area contributed by atoms with Gasteiger partial charge in [0.15, 0.2) is 0 Å². The van der Waals surface area contributed by atoms with Gasteiger partial charge >= 0.3 is 0 Å². The molecule has 0 aromatic heterocycles. The standard InChI is InChI=1S/C14H18N2O2S/c1-2-12(10-15)19(17,18)16-14-9-5-7-11-6-3-4-8-13(11)14/h3-9,12,16H,2,10,15H2,1H3. The monoisotopic (exact) mass is 278 g/mol. The molecule has 0 aliphatic rings. The number of nitrogens with two attached hydrogens (primary N) is 1. The molecule has 1 atom stereocenters. The van der Waals surface area contributed by atoms with E-state index in [0.29, 0.717) is 12.1 Å². The van der Waals surface area contributed by atoms with Crippen molar-refractivity contribution in [1.82, 2.24) is 0 Å². The molecule has 5 heteroatoms. The van der Waals surface area contributed by atoms with Crippen molar-refractivity contribution in [2.24, 2.45) is 5.73 Å². The average molecular weight is 278 g/mol. The van der Waals surface area contributed by atoms with Crippen molar-refractivity contribution in [2.45, 2.75) is 18.6 Å². The number of fused-ring (bicyclic) bond motifs is 1. The largest absolute Gasteiger partial charge is 0.329 e. The minimum absolute atomic E-state index is 0.122. The molecule has 0 radical (unpaired) electrons. The highest BCUT2D eigenvalue weighted by Gasteiger charge is 2.22. The van der Waals surface area contributed by atoms with Crippen LogP contribution in [0.25, 0.3) is 10.8 Å². The minimum Gasteiger partial charge on any atom is -0.329 e. The predicted molar refractivity (Wildman–Crippen MR) is 79.6 cm³/mol. The van der Waals surface area contributed by atoms with Crippen molar-refractivity contribution in [3.05, 3.63) is 42.5 Å². The highest BCUT2D eigenvalue weighted by molar-refractivity contribution is 7.93. The number of hydrogen-bond acceptors (Lipinski definition) is 3. The highest BCUT2D eigenvalue weighted by atomic mass is 32.2. The Bertz CT molecular complexity index is 659. The zero-order valence-corrected chi connectivity index (χ0v) is 11.7. The highest BCUT2D eigenvalue weighted by Crippen LogP contribution is 2.24. The first-order valence-electron chi connectivity index (χ1n) is 6.28. The van der Waals surface area contributed by atoms with E-state index in [1.165, 1.54) is 0 Å². The van der Waals surface area contributed by atoms with Crippen LogP contribution in [0.2, 0.25) is 0 Å². The summed E-state index contributed by atoms with van der Waals surface area (Å²) in [4.78, 5) is 0. The quantitative estimate of drug-likeness (QED) is 0.881. The molecule has 0 heterocycles. The van der Waals surface area contributed by atoms with Crippen LogP contribution in [0.4, 0.5) is 5.69 Å². The number of sulfonamides is 1. The lowest BCUT2D eigenvalue weighted by atomic mass is 10.1. The van der Waals surface area contributed by atoms with Crippen LogP contribution >= 0.6 is 0 Å². The molecule has 0 saturated carbocycles. The predicted octanol–water partition coefficient (Wildman–Crippen LogP) is 2.32. The van der Waals surface area contributed by atoms with Gasteiger partial charge < -0.3 is 5.73 Å². The fourth-order valence-electron chi connectivity index (χ4n) is 2.06. The van der Waals surface area contributed by atoms with E-state index in [0.717, 1.165) is 10.8 Å². The molecule has 0 spiro atoms. The van der Waals surface area contributed by atoms with Crippen LogP contribution in [0.3, 0.4) is 0 Å². The molecular formula is C14H18N2O2S. The zero-order valence-electron chi connectivity index (χ0n) is 10.8. The smallest absolute Gasteiger partial charge is 0.236 e. The topological polar surface area (TPSA) is 72.2 Å². The first-order chi connectivity index (χ1) is 9.08. The molecule has 0 fully saturated rings. The van der Waals surface area contributed by atoms with E-state index in [4.69, 9.17) is 5.73 Å². The second-order valence-electron chi connectivity index (χ2n) is 4.44. The summed E-state index contributed by atoms with van der Waals surface area (Å²) in [6, 6.07) is 13.2. The minimum atomic E-state index is -3.44. The van der Waals surface area contributed by atoms with Crippen molar-refractivity contribution in [1.29, 1.82) is 0 Å². The van der Waals surface area contributed by atoms with Crippen molar-refractivity contribution in [2.75, 3.05) is 11.3 Å². The molecule has 0 aliphatic heterocycles. The third kappa shape index (κ3) is 2.88. The Morgan fingerprint density at radius 2 is 1.84 bits per heavy atom. The van der Waals surface area contributed by atoms with Gasteiger partial charge in [-0.15, -0.1) is 0 Å². The number of nitrogens with one attached hydrogen (secondary N) is 1.